The van der Waals surface area contributed by atoms with Gasteiger partial charge in [0, 0.05) is 6.54 Å². The molecular formula is C18H15FN4O2. The number of para-hydroxylation sites is 1. The van der Waals surface area contributed by atoms with E-state index in [-0.39, 0.29) is 24.1 Å². The lowest BCUT2D eigenvalue weighted by Crippen LogP contribution is -2.35. The second-order valence-corrected chi connectivity index (χ2v) is 6.14. The second kappa shape index (κ2) is 5.86. The highest BCUT2D eigenvalue weighted by molar-refractivity contribution is 5.92. The summed E-state index contributed by atoms with van der Waals surface area (Å²) in [5.74, 6) is -0.743. The van der Waals surface area contributed by atoms with E-state index in [1.54, 1.807) is 12.1 Å². The Bertz CT molecular complexity index is 947. The number of likely N-dealkylation sites (tertiary alicyclic amines) is 1. The van der Waals surface area contributed by atoms with Gasteiger partial charge in [0.1, 0.15) is 16.9 Å². The molecule has 1 unspecified atom stereocenters. The van der Waals surface area contributed by atoms with E-state index in [9.17, 15) is 14.3 Å². The molecule has 126 valence electrons. The van der Waals surface area contributed by atoms with Crippen molar-refractivity contribution in [3.05, 3.63) is 65.7 Å². The smallest absolute Gasteiger partial charge is 0.293 e. The Morgan fingerprint density at radius 2 is 1.80 bits per heavy atom. The number of benzene rings is 2. The van der Waals surface area contributed by atoms with Crippen molar-refractivity contribution in [2.45, 2.75) is 12.0 Å². The highest BCUT2D eigenvalue weighted by Crippen LogP contribution is 2.32. The lowest BCUT2D eigenvalue weighted by molar-refractivity contribution is 0.0413. The van der Waals surface area contributed by atoms with Crippen molar-refractivity contribution in [2.24, 2.45) is 0 Å². The molecule has 1 amide bonds. The summed E-state index contributed by atoms with van der Waals surface area (Å²) in [6.45, 7) is 0.469. The van der Waals surface area contributed by atoms with Gasteiger partial charge in [-0.3, -0.25) is 4.79 Å². The summed E-state index contributed by atoms with van der Waals surface area (Å²) in [6.07, 6.45) is 0.366. The zero-order chi connectivity index (χ0) is 17.4. The second-order valence-electron chi connectivity index (χ2n) is 6.14. The Kier molecular flexibility index (Phi) is 3.65. The molecular weight excluding hydrogens is 323 g/mol. The molecule has 0 saturated carbocycles. The number of fused-ring (bicyclic) bond motifs is 1. The molecule has 0 radical (unpaired) electrons. The summed E-state index contributed by atoms with van der Waals surface area (Å²) in [4.78, 5) is 18.4. The van der Waals surface area contributed by atoms with Crippen LogP contribution in [0.1, 0.15) is 22.6 Å². The van der Waals surface area contributed by atoms with Crippen LogP contribution in [0.5, 0.6) is 0 Å². The SMILES string of the molecule is O=C(c1nnc2ccccc2n1)N1CCC(O)(c2ccc(F)cc2)C1. The van der Waals surface area contributed by atoms with Crippen molar-refractivity contribution in [3.63, 3.8) is 0 Å². The van der Waals surface area contributed by atoms with Crippen LogP contribution in [0.2, 0.25) is 0 Å². The van der Waals surface area contributed by atoms with Gasteiger partial charge in [-0.1, -0.05) is 24.3 Å². The van der Waals surface area contributed by atoms with Crippen molar-refractivity contribution >= 4 is 16.9 Å². The first kappa shape index (κ1) is 15.6. The maximum atomic E-state index is 13.1. The zero-order valence-electron chi connectivity index (χ0n) is 13.3. The van der Waals surface area contributed by atoms with Crippen LogP contribution in [-0.4, -0.2) is 44.2 Å². The van der Waals surface area contributed by atoms with Crippen LogP contribution in [-0.2, 0) is 5.60 Å². The number of amides is 1. The molecule has 2 aromatic carbocycles. The largest absolute Gasteiger partial charge is 0.383 e. The van der Waals surface area contributed by atoms with Crippen LogP contribution < -0.4 is 0 Å². The third kappa shape index (κ3) is 2.83. The van der Waals surface area contributed by atoms with E-state index in [0.29, 0.717) is 29.6 Å². The first-order valence-electron chi connectivity index (χ1n) is 7.92. The molecule has 7 heteroatoms. The van der Waals surface area contributed by atoms with Crippen molar-refractivity contribution < 1.29 is 14.3 Å². The summed E-state index contributed by atoms with van der Waals surface area (Å²) in [5, 5.41) is 18.7. The van der Waals surface area contributed by atoms with Gasteiger partial charge < -0.3 is 10.0 Å². The highest BCUT2D eigenvalue weighted by Gasteiger charge is 2.40. The summed E-state index contributed by atoms with van der Waals surface area (Å²) in [6, 6.07) is 12.8. The summed E-state index contributed by atoms with van der Waals surface area (Å²) in [7, 11) is 0. The number of carbonyl (C=O) groups excluding carboxylic acids is 1. The number of β-amino-alcohol motifs (C(OH)–C–C–N with tert-alkyl or cyclic N) is 1. The quantitative estimate of drug-likeness (QED) is 0.772. The maximum Gasteiger partial charge on any atom is 0.293 e. The first-order valence-corrected chi connectivity index (χ1v) is 7.92. The van der Waals surface area contributed by atoms with Crippen LogP contribution >= 0.6 is 0 Å². The first-order chi connectivity index (χ1) is 12.0. The van der Waals surface area contributed by atoms with Crippen molar-refractivity contribution in [3.8, 4) is 0 Å². The van der Waals surface area contributed by atoms with Crippen LogP contribution in [0.3, 0.4) is 0 Å². The lowest BCUT2D eigenvalue weighted by Gasteiger charge is -2.23. The minimum atomic E-state index is -1.20. The number of hydrogen-bond acceptors (Lipinski definition) is 5. The Hall–Kier alpha value is -2.93. The molecule has 25 heavy (non-hydrogen) atoms. The Balaban J connectivity index is 1.57. The van der Waals surface area contributed by atoms with Crippen LogP contribution in [0.4, 0.5) is 4.39 Å². The van der Waals surface area contributed by atoms with Gasteiger partial charge in [-0.15, -0.1) is 10.2 Å². The van der Waals surface area contributed by atoms with Gasteiger partial charge in [0.25, 0.3) is 5.91 Å². The van der Waals surface area contributed by atoms with Crippen LogP contribution in [0.15, 0.2) is 48.5 Å². The molecule has 0 spiro atoms. The standard InChI is InChI=1S/C18H15FN4O2/c19-13-7-5-12(6-8-13)18(25)9-10-23(11-18)17(24)16-20-14-3-1-2-4-15(14)21-22-16/h1-8,25H,9-11H2. The summed E-state index contributed by atoms with van der Waals surface area (Å²) in [5.41, 5.74) is 0.590. The summed E-state index contributed by atoms with van der Waals surface area (Å²) < 4.78 is 13.1. The molecule has 3 aromatic rings. The average Bonchev–Trinajstić information content (AvgIpc) is 3.04. The van der Waals surface area contributed by atoms with Gasteiger partial charge in [-0.25, -0.2) is 9.37 Å². The number of nitrogens with zero attached hydrogens (tertiary/aromatic N) is 4. The van der Waals surface area contributed by atoms with E-state index in [1.165, 1.54) is 29.2 Å². The Labute approximate surface area is 142 Å². The monoisotopic (exact) mass is 338 g/mol. The van der Waals surface area contributed by atoms with Gasteiger partial charge in [0.2, 0.25) is 5.82 Å². The Morgan fingerprint density at radius 1 is 1.08 bits per heavy atom. The molecule has 0 bridgehead atoms. The number of hydrogen-bond donors (Lipinski definition) is 1. The van der Waals surface area contributed by atoms with E-state index in [4.69, 9.17) is 0 Å². The third-order valence-electron chi connectivity index (χ3n) is 4.47. The highest BCUT2D eigenvalue weighted by atomic mass is 19.1. The van der Waals surface area contributed by atoms with Gasteiger partial charge in [0.15, 0.2) is 0 Å². The maximum absolute atomic E-state index is 13.1. The minimum absolute atomic E-state index is 0.00190. The van der Waals surface area contributed by atoms with Gasteiger partial charge in [0.05, 0.1) is 12.1 Å². The molecule has 1 N–H and O–H groups in total. The predicted molar refractivity (Wildman–Crippen MR) is 88.2 cm³/mol. The fourth-order valence-corrected chi connectivity index (χ4v) is 3.08. The Morgan fingerprint density at radius 3 is 2.56 bits per heavy atom. The zero-order valence-corrected chi connectivity index (χ0v) is 13.3. The van der Waals surface area contributed by atoms with Gasteiger partial charge in [-0.2, -0.15) is 0 Å². The summed E-state index contributed by atoms with van der Waals surface area (Å²) >= 11 is 0. The van der Waals surface area contributed by atoms with E-state index in [0.717, 1.165) is 0 Å². The number of halogens is 1. The van der Waals surface area contributed by atoms with Crippen molar-refractivity contribution in [2.75, 3.05) is 13.1 Å². The molecule has 0 aliphatic carbocycles. The lowest BCUT2D eigenvalue weighted by atomic mass is 9.93. The molecule has 1 atom stereocenters. The third-order valence-corrected chi connectivity index (χ3v) is 4.47. The fourth-order valence-electron chi connectivity index (χ4n) is 3.08. The average molecular weight is 338 g/mol. The fraction of sp³-hybridized carbons (Fsp3) is 0.222. The van der Waals surface area contributed by atoms with Crippen molar-refractivity contribution in [1.82, 2.24) is 20.1 Å². The van der Waals surface area contributed by atoms with E-state index in [2.05, 4.69) is 15.2 Å². The minimum Gasteiger partial charge on any atom is -0.383 e. The molecule has 1 fully saturated rings. The molecule has 1 aliphatic heterocycles. The number of rotatable bonds is 2. The molecule has 1 aromatic heterocycles. The van der Waals surface area contributed by atoms with Crippen molar-refractivity contribution in [1.29, 1.82) is 0 Å². The molecule has 1 aliphatic rings. The normalized spacial score (nSPS) is 20.2. The van der Waals surface area contributed by atoms with E-state index >= 15 is 0 Å². The van der Waals surface area contributed by atoms with E-state index < -0.39 is 5.60 Å². The number of aliphatic hydroxyl groups is 1. The molecule has 1 saturated heterocycles. The van der Waals surface area contributed by atoms with Gasteiger partial charge >= 0.3 is 0 Å². The number of carbonyl (C=O) groups is 1. The molecule has 4 rings (SSSR count). The predicted octanol–water partition coefficient (Wildman–Crippen LogP) is 1.90. The van der Waals surface area contributed by atoms with E-state index in [1.807, 2.05) is 12.1 Å². The number of aromatic nitrogens is 3. The van der Waals surface area contributed by atoms with Crippen LogP contribution in [0, 0.1) is 5.82 Å². The molecule has 2 heterocycles. The molecule has 6 nitrogen and oxygen atoms in total. The van der Waals surface area contributed by atoms with Gasteiger partial charge in [-0.05, 0) is 36.2 Å². The van der Waals surface area contributed by atoms with Crippen LogP contribution in [0.25, 0.3) is 11.0 Å². The topological polar surface area (TPSA) is 79.2 Å².